The van der Waals surface area contributed by atoms with Crippen molar-refractivity contribution in [2.45, 2.75) is 32.1 Å². The van der Waals surface area contributed by atoms with E-state index in [1.165, 1.54) is 16.7 Å². The predicted molar refractivity (Wildman–Crippen MR) is 138 cm³/mol. The van der Waals surface area contributed by atoms with E-state index in [0.29, 0.717) is 18.4 Å². The smallest absolute Gasteiger partial charge is 0.252 e. The molecule has 5 nitrogen and oxygen atoms in total. The van der Waals surface area contributed by atoms with E-state index in [0.717, 1.165) is 44.3 Å². The standard InChI is InChI=1S/C26H29N3O.C2H7N/c1-2-14-29(15-8-11-20-9-4-3-5-10-20)26-27-24(19-25(30)28-26)18-21-16-22-12-6-7-13-23(22)17-21;1-3-2/h2-7,9-10,12-13,19,21H,1,8,11,14-18H2,(H,27,28,30);3H,1-2H3. The number of aromatic amines is 1. The first-order valence-electron chi connectivity index (χ1n) is 11.8. The molecule has 3 aromatic rings. The molecule has 174 valence electrons. The van der Waals surface area contributed by atoms with E-state index < -0.39 is 0 Å². The molecule has 2 N–H and O–H groups in total. The van der Waals surface area contributed by atoms with Crippen LogP contribution in [0.15, 0.2) is 78.1 Å². The lowest BCUT2D eigenvalue weighted by molar-refractivity contribution is 0.549. The van der Waals surface area contributed by atoms with E-state index in [1.54, 1.807) is 6.07 Å². The van der Waals surface area contributed by atoms with Gasteiger partial charge in [-0.15, -0.1) is 6.58 Å². The van der Waals surface area contributed by atoms with Gasteiger partial charge in [-0.3, -0.25) is 9.78 Å². The zero-order valence-electron chi connectivity index (χ0n) is 19.9. The van der Waals surface area contributed by atoms with Crippen molar-refractivity contribution >= 4 is 5.95 Å². The van der Waals surface area contributed by atoms with Gasteiger partial charge in [-0.25, -0.2) is 4.98 Å². The molecular weight excluding hydrogens is 408 g/mol. The fourth-order valence-electron chi connectivity index (χ4n) is 4.40. The van der Waals surface area contributed by atoms with Crippen LogP contribution >= 0.6 is 0 Å². The Morgan fingerprint density at radius 2 is 1.73 bits per heavy atom. The molecule has 2 aromatic carbocycles. The molecule has 0 saturated carbocycles. The largest absolute Gasteiger partial charge is 0.339 e. The highest BCUT2D eigenvalue weighted by atomic mass is 16.1. The van der Waals surface area contributed by atoms with Crippen molar-refractivity contribution in [2.24, 2.45) is 5.92 Å². The normalized spacial score (nSPS) is 12.5. The molecule has 5 heteroatoms. The van der Waals surface area contributed by atoms with E-state index >= 15 is 0 Å². The van der Waals surface area contributed by atoms with Crippen LogP contribution in [-0.2, 0) is 25.7 Å². The van der Waals surface area contributed by atoms with Gasteiger partial charge < -0.3 is 10.2 Å². The number of anilines is 1. The molecule has 0 aliphatic heterocycles. The third kappa shape index (κ3) is 7.43. The molecule has 1 aliphatic carbocycles. The van der Waals surface area contributed by atoms with Crippen LogP contribution < -0.4 is 15.8 Å². The summed E-state index contributed by atoms with van der Waals surface area (Å²) in [5.41, 5.74) is 4.99. The summed E-state index contributed by atoms with van der Waals surface area (Å²) in [7, 11) is 3.75. The molecule has 0 radical (unpaired) electrons. The van der Waals surface area contributed by atoms with Crippen LogP contribution in [0.3, 0.4) is 0 Å². The molecule has 0 spiro atoms. The first-order chi connectivity index (χ1) is 16.1. The molecule has 0 fully saturated rings. The number of rotatable bonds is 9. The van der Waals surface area contributed by atoms with Crippen LogP contribution in [0, 0.1) is 5.92 Å². The number of benzene rings is 2. The highest BCUT2D eigenvalue weighted by molar-refractivity contribution is 5.34. The number of hydrogen-bond donors (Lipinski definition) is 2. The van der Waals surface area contributed by atoms with Crippen molar-refractivity contribution in [3.63, 3.8) is 0 Å². The van der Waals surface area contributed by atoms with Gasteiger partial charge >= 0.3 is 0 Å². The number of H-pyrrole nitrogens is 1. The van der Waals surface area contributed by atoms with Crippen molar-refractivity contribution in [3.05, 3.63) is 106 Å². The van der Waals surface area contributed by atoms with Gasteiger partial charge in [0.15, 0.2) is 0 Å². The topological polar surface area (TPSA) is 61.0 Å². The van der Waals surface area contributed by atoms with Gasteiger partial charge in [-0.1, -0.05) is 60.7 Å². The van der Waals surface area contributed by atoms with E-state index in [2.05, 4.69) is 70.3 Å². The lowest BCUT2D eigenvalue weighted by Crippen LogP contribution is -2.29. The Bertz CT molecular complexity index is 1040. The third-order valence-electron chi connectivity index (χ3n) is 5.80. The second-order valence-electron chi connectivity index (χ2n) is 8.63. The lowest BCUT2D eigenvalue weighted by atomic mass is 10.00. The average Bonchev–Trinajstić information content (AvgIpc) is 3.21. The van der Waals surface area contributed by atoms with Gasteiger partial charge in [0, 0.05) is 19.2 Å². The molecule has 0 amide bonds. The highest BCUT2D eigenvalue weighted by Crippen LogP contribution is 2.28. The molecule has 1 heterocycles. The fraction of sp³-hybridized carbons (Fsp3) is 0.357. The minimum absolute atomic E-state index is 0.0809. The van der Waals surface area contributed by atoms with Gasteiger partial charge in [-0.05, 0) is 68.8 Å². The summed E-state index contributed by atoms with van der Waals surface area (Å²) in [6, 6.07) is 20.8. The van der Waals surface area contributed by atoms with Crippen LogP contribution in [0.5, 0.6) is 0 Å². The van der Waals surface area contributed by atoms with Gasteiger partial charge in [0.05, 0.1) is 5.69 Å². The highest BCUT2D eigenvalue weighted by Gasteiger charge is 2.22. The Balaban J connectivity index is 0.000000968. The number of nitrogens with zero attached hydrogens (tertiary/aromatic N) is 2. The quantitative estimate of drug-likeness (QED) is 0.486. The maximum absolute atomic E-state index is 12.4. The summed E-state index contributed by atoms with van der Waals surface area (Å²) in [6.07, 6.45) is 6.81. The Morgan fingerprint density at radius 3 is 2.36 bits per heavy atom. The van der Waals surface area contributed by atoms with E-state index in [-0.39, 0.29) is 5.56 Å². The Morgan fingerprint density at radius 1 is 1.09 bits per heavy atom. The zero-order valence-corrected chi connectivity index (χ0v) is 19.9. The summed E-state index contributed by atoms with van der Waals surface area (Å²) in [5.74, 6) is 1.16. The maximum Gasteiger partial charge on any atom is 0.252 e. The first kappa shape index (κ1) is 24.5. The Hall–Kier alpha value is -3.18. The van der Waals surface area contributed by atoms with Crippen molar-refractivity contribution in [1.82, 2.24) is 15.3 Å². The molecule has 1 aromatic heterocycles. The van der Waals surface area contributed by atoms with Crippen LogP contribution in [0.25, 0.3) is 0 Å². The SMILES string of the molecule is C=CCN(CCCc1ccccc1)c1nc(CC2Cc3ccccc3C2)cc(=O)[nH]1.CNC. The maximum atomic E-state index is 12.4. The fourth-order valence-corrected chi connectivity index (χ4v) is 4.40. The first-order valence-corrected chi connectivity index (χ1v) is 11.8. The van der Waals surface area contributed by atoms with Crippen molar-refractivity contribution in [2.75, 3.05) is 32.1 Å². The predicted octanol–water partition coefficient (Wildman–Crippen LogP) is 4.19. The summed E-state index contributed by atoms with van der Waals surface area (Å²) < 4.78 is 0. The summed E-state index contributed by atoms with van der Waals surface area (Å²) in [4.78, 5) is 22.2. The number of aryl methyl sites for hydroxylation is 1. The van der Waals surface area contributed by atoms with Crippen LogP contribution in [-0.4, -0.2) is 37.2 Å². The Labute approximate surface area is 197 Å². The molecule has 0 bridgehead atoms. The number of fused-ring (bicyclic) bond motifs is 1. The molecular formula is C28H36N4O. The molecule has 0 saturated heterocycles. The number of aromatic nitrogens is 2. The second kappa shape index (κ2) is 12.8. The summed E-state index contributed by atoms with van der Waals surface area (Å²) >= 11 is 0. The molecule has 1 aliphatic rings. The van der Waals surface area contributed by atoms with Crippen LogP contribution in [0.1, 0.15) is 28.8 Å². The second-order valence-corrected chi connectivity index (χ2v) is 8.63. The van der Waals surface area contributed by atoms with Crippen LogP contribution in [0.4, 0.5) is 5.95 Å². The van der Waals surface area contributed by atoms with Gasteiger partial charge in [-0.2, -0.15) is 0 Å². The van der Waals surface area contributed by atoms with Crippen molar-refractivity contribution in [1.29, 1.82) is 0 Å². The van der Waals surface area contributed by atoms with Gasteiger partial charge in [0.1, 0.15) is 0 Å². The minimum atomic E-state index is -0.0809. The van der Waals surface area contributed by atoms with Crippen molar-refractivity contribution in [3.8, 4) is 0 Å². The van der Waals surface area contributed by atoms with E-state index in [4.69, 9.17) is 4.98 Å². The van der Waals surface area contributed by atoms with E-state index in [1.807, 2.05) is 26.2 Å². The molecule has 4 rings (SSSR count). The number of hydrogen-bond acceptors (Lipinski definition) is 4. The van der Waals surface area contributed by atoms with Crippen molar-refractivity contribution < 1.29 is 0 Å². The molecule has 33 heavy (non-hydrogen) atoms. The molecule has 0 unspecified atom stereocenters. The van der Waals surface area contributed by atoms with Crippen LogP contribution in [0.2, 0.25) is 0 Å². The van der Waals surface area contributed by atoms with E-state index in [9.17, 15) is 4.79 Å². The van der Waals surface area contributed by atoms with Gasteiger partial charge in [0.25, 0.3) is 5.56 Å². The Kier molecular flexibility index (Phi) is 9.45. The van der Waals surface area contributed by atoms with Gasteiger partial charge in [0.2, 0.25) is 5.95 Å². The summed E-state index contributed by atoms with van der Waals surface area (Å²) in [5, 5.41) is 2.75. The monoisotopic (exact) mass is 444 g/mol. The summed E-state index contributed by atoms with van der Waals surface area (Å²) in [6.45, 7) is 5.37. The minimum Gasteiger partial charge on any atom is -0.339 e. The third-order valence-corrected chi connectivity index (χ3v) is 5.80. The zero-order chi connectivity index (χ0) is 23.5. The average molecular weight is 445 g/mol. The lowest BCUT2D eigenvalue weighted by Gasteiger charge is -2.22. The number of nitrogens with one attached hydrogen (secondary N) is 2. The molecule has 0 atom stereocenters.